The largest absolute Gasteiger partial charge is 0.497 e. The normalized spacial score (nSPS) is 10.2. The van der Waals surface area contributed by atoms with Crippen molar-refractivity contribution in [3.05, 3.63) is 59.7 Å². The molecule has 0 saturated carbocycles. The van der Waals surface area contributed by atoms with Crippen LogP contribution >= 0.6 is 0 Å². The van der Waals surface area contributed by atoms with Crippen LogP contribution in [0.4, 0.5) is 5.69 Å². The van der Waals surface area contributed by atoms with Gasteiger partial charge in [-0.1, -0.05) is 12.1 Å². The van der Waals surface area contributed by atoms with E-state index in [-0.39, 0.29) is 5.91 Å². The average molecular weight is 312 g/mol. The highest BCUT2D eigenvalue weighted by atomic mass is 16.5. The highest BCUT2D eigenvalue weighted by Gasteiger charge is 2.06. The Balaban J connectivity index is 1.93. The van der Waals surface area contributed by atoms with Crippen molar-refractivity contribution >= 4 is 11.6 Å². The van der Waals surface area contributed by atoms with Gasteiger partial charge in [-0.05, 0) is 55.8 Å². The minimum atomic E-state index is -0.0829. The van der Waals surface area contributed by atoms with E-state index >= 15 is 0 Å². The van der Waals surface area contributed by atoms with Gasteiger partial charge in [0, 0.05) is 30.9 Å². The topological polar surface area (TPSA) is 41.6 Å². The molecule has 122 valence electrons. The maximum absolute atomic E-state index is 12.1. The van der Waals surface area contributed by atoms with Crippen molar-refractivity contribution in [3.8, 4) is 5.75 Å². The predicted molar refractivity (Wildman–Crippen MR) is 94.2 cm³/mol. The summed E-state index contributed by atoms with van der Waals surface area (Å²) in [6.07, 6.45) is 0. The number of anilines is 1. The summed E-state index contributed by atoms with van der Waals surface area (Å²) in [5.74, 6) is 0.661. The minimum absolute atomic E-state index is 0.0829. The molecule has 2 aromatic rings. The van der Waals surface area contributed by atoms with Crippen LogP contribution in [-0.4, -0.2) is 26.1 Å². The molecule has 0 aliphatic carbocycles. The number of methoxy groups -OCH3 is 1. The van der Waals surface area contributed by atoms with Gasteiger partial charge in [-0.3, -0.25) is 4.79 Å². The SMILES string of the molecule is CCN(CC)c1ccc(CNC(=O)c2ccc(OC)cc2)cc1. The summed E-state index contributed by atoms with van der Waals surface area (Å²) in [5, 5.41) is 2.94. The number of nitrogens with one attached hydrogen (secondary N) is 1. The van der Waals surface area contributed by atoms with E-state index in [1.54, 1.807) is 31.4 Å². The molecule has 4 heteroatoms. The van der Waals surface area contributed by atoms with Crippen molar-refractivity contribution in [2.24, 2.45) is 0 Å². The van der Waals surface area contributed by atoms with Gasteiger partial charge in [-0.2, -0.15) is 0 Å². The Morgan fingerprint density at radius 2 is 1.61 bits per heavy atom. The highest BCUT2D eigenvalue weighted by molar-refractivity contribution is 5.94. The monoisotopic (exact) mass is 312 g/mol. The molecule has 4 nitrogen and oxygen atoms in total. The van der Waals surface area contributed by atoms with Crippen molar-refractivity contribution in [1.29, 1.82) is 0 Å². The number of hydrogen-bond acceptors (Lipinski definition) is 3. The van der Waals surface area contributed by atoms with Gasteiger partial charge in [0.2, 0.25) is 0 Å². The number of amides is 1. The first-order chi connectivity index (χ1) is 11.2. The van der Waals surface area contributed by atoms with Gasteiger partial charge in [0.25, 0.3) is 5.91 Å². The van der Waals surface area contributed by atoms with Crippen LogP contribution in [0.2, 0.25) is 0 Å². The van der Waals surface area contributed by atoms with Crippen LogP contribution < -0.4 is 15.0 Å². The van der Waals surface area contributed by atoms with Crippen LogP contribution in [0, 0.1) is 0 Å². The van der Waals surface area contributed by atoms with E-state index in [9.17, 15) is 4.79 Å². The third-order valence-electron chi connectivity index (χ3n) is 3.87. The number of carbonyl (C=O) groups excluding carboxylic acids is 1. The fraction of sp³-hybridized carbons (Fsp3) is 0.316. The summed E-state index contributed by atoms with van der Waals surface area (Å²) in [5.41, 5.74) is 2.92. The van der Waals surface area contributed by atoms with E-state index in [0.717, 1.165) is 24.4 Å². The van der Waals surface area contributed by atoms with E-state index < -0.39 is 0 Å². The van der Waals surface area contributed by atoms with Crippen LogP contribution in [-0.2, 0) is 6.54 Å². The fourth-order valence-corrected chi connectivity index (χ4v) is 2.44. The van der Waals surface area contributed by atoms with Gasteiger partial charge in [0.15, 0.2) is 0 Å². The second kappa shape index (κ2) is 8.22. The molecular weight excluding hydrogens is 288 g/mol. The van der Waals surface area contributed by atoms with Crippen molar-refractivity contribution in [2.75, 3.05) is 25.1 Å². The van der Waals surface area contributed by atoms with Gasteiger partial charge < -0.3 is 15.0 Å². The quantitative estimate of drug-likeness (QED) is 0.851. The number of rotatable bonds is 7. The Morgan fingerprint density at radius 3 is 2.13 bits per heavy atom. The second-order valence-corrected chi connectivity index (χ2v) is 5.25. The maximum atomic E-state index is 12.1. The van der Waals surface area contributed by atoms with Crippen LogP contribution in [0.15, 0.2) is 48.5 Å². The first-order valence-electron chi connectivity index (χ1n) is 7.94. The second-order valence-electron chi connectivity index (χ2n) is 5.25. The molecule has 2 rings (SSSR count). The Bertz CT molecular complexity index is 617. The van der Waals surface area contributed by atoms with Crippen LogP contribution in [0.5, 0.6) is 5.75 Å². The van der Waals surface area contributed by atoms with Crippen molar-refractivity contribution in [3.63, 3.8) is 0 Å². The standard InChI is InChI=1S/C19H24N2O2/c1-4-21(5-2)17-10-6-15(7-11-17)14-20-19(22)16-8-12-18(23-3)13-9-16/h6-13H,4-5,14H2,1-3H3,(H,20,22). The smallest absolute Gasteiger partial charge is 0.251 e. The van der Waals surface area contributed by atoms with E-state index in [2.05, 4.69) is 48.3 Å². The summed E-state index contributed by atoms with van der Waals surface area (Å²) in [4.78, 5) is 14.4. The zero-order valence-electron chi connectivity index (χ0n) is 14.0. The van der Waals surface area contributed by atoms with E-state index in [1.807, 2.05) is 0 Å². The third kappa shape index (κ3) is 4.49. The van der Waals surface area contributed by atoms with Crippen molar-refractivity contribution < 1.29 is 9.53 Å². The molecule has 0 heterocycles. The number of benzene rings is 2. The molecule has 0 aliphatic rings. The molecule has 0 saturated heterocycles. The van der Waals surface area contributed by atoms with Gasteiger partial charge in [-0.15, -0.1) is 0 Å². The molecule has 0 aliphatic heterocycles. The molecule has 23 heavy (non-hydrogen) atoms. The van der Waals surface area contributed by atoms with Gasteiger partial charge in [0.1, 0.15) is 5.75 Å². The molecule has 1 amide bonds. The predicted octanol–water partition coefficient (Wildman–Crippen LogP) is 3.47. The summed E-state index contributed by atoms with van der Waals surface area (Å²) < 4.78 is 5.09. The first kappa shape index (κ1) is 16.9. The third-order valence-corrected chi connectivity index (χ3v) is 3.87. The van der Waals surface area contributed by atoms with Crippen molar-refractivity contribution in [2.45, 2.75) is 20.4 Å². The molecule has 0 bridgehead atoms. The highest BCUT2D eigenvalue weighted by Crippen LogP contribution is 2.15. The zero-order chi connectivity index (χ0) is 16.7. The van der Waals surface area contributed by atoms with Crippen LogP contribution in [0.3, 0.4) is 0 Å². The summed E-state index contributed by atoms with van der Waals surface area (Å²) >= 11 is 0. The van der Waals surface area contributed by atoms with E-state index in [1.165, 1.54) is 5.69 Å². The molecule has 0 atom stereocenters. The lowest BCUT2D eigenvalue weighted by atomic mass is 10.1. The molecule has 0 unspecified atom stereocenters. The number of nitrogens with zero attached hydrogens (tertiary/aromatic N) is 1. The van der Waals surface area contributed by atoms with Crippen LogP contribution in [0.25, 0.3) is 0 Å². The molecule has 1 N–H and O–H groups in total. The van der Waals surface area contributed by atoms with Crippen molar-refractivity contribution in [1.82, 2.24) is 5.32 Å². The van der Waals surface area contributed by atoms with Crippen LogP contribution in [0.1, 0.15) is 29.8 Å². The Kier molecular flexibility index (Phi) is 6.03. The Hall–Kier alpha value is -2.49. The van der Waals surface area contributed by atoms with Gasteiger partial charge >= 0.3 is 0 Å². The molecule has 0 spiro atoms. The minimum Gasteiger partial charge on any atom is -0.497 e. The Morgan fingerprint density at radius 1 is 1.00 bits per heavy atom. The molecule has 2 aromatic carbocycles. The zero-order valence-corrected chi connectivity index (χ0v) is 14.0. The summed E-state index contributed by atoms with van der Waals surface area (Å²) in [7, 11) is 1.61. The van der Waals surface area contributed by atoms with E-state index in [4.69, 9.17) is 4.74 Å². The lowest BCUT2D eigenvalue weighted by molar-refractivity contribution is 0.0951. The molecular formula is C19H24N2O2. The van der Waals surface area contributed by atoms with Gasteiger partial charge in [0.05, 0.1) is 7.11 Å². The Labute approximate surface area is 138 Å². The number of hydrogen-bond donors (Lipinski definition) is 1. The molecule has 0 radical (unpaired) electrons. The molecule has 0 fully saturated rings. The van der Waals surface area contributed by atoms with Gasteiger partial charge in [-0.25, -0.2) is 0 Å². The first-order valence-corrected chi connectivity index (χ1v) is 7.94. The lowest BCUT2D eigenvalue weighted by Gasteiger charge is -2.21. The maximum Gasteiger partial charge on any atom is 0.251 e. The molecule has 0 aromatic heterocycles. The lowest BCUT2D eigenvalue weighted by Crippen LogP contribution is -2.23. The summed E-state index contributed by atoms with van der Waals surface area (Å²) in [6, 6.07) is 15.4. The number of ether oxygens (including phenoxy) is 1. The fourth-order valence-electron chi connectivity index (χ4n) is 2.44. The average Bonchev–Trinajstić information content (AvgIpc) is 2.62. The van der Waals surface area contributed by atoms with E-state index in [0.29, 0.717) is 12.1 Å². The number of carbonyl (C=O) groups is 1. The summed E-state index contributed by atoms with van der Waals surface area (Å²) in [6.45, 7) is 6.79.